The highest BCUT2D eigenvalue weighted by molar-refractivity contribution is 7.13. The lowest BCUT2D eigenvalue weighted by atomic mass is 10.2. The summed E-state index contributed by atoms with van der Waals surface area (Å²) in [6, 6.07) is 3.90. The Morgan fingerprint density at radius 2 is 2.29 bits per heavy atom. The van der Waals surface area contributed by atoms with Crippen molar-refractivity contribution in [3.63, 3.8) is 0 Å². The summed E-state index contributed by atoms with van der Waals surface area (Å²) in [5.74, 6) is 1.25. The van der Waals surface area contributed by atoms with Gasteiger partial charge in [0.25, 0.3) is 0 Å². The van der Waals surface area contributed by atoms with E-state index in [2.05, 4.69) is 20.8 Å². The van der Waals surface area contributed by atoms with Crippen molar-refractivity contribution in [3.05, 3.63) is 23.4 Å². The number of hydrogen-bond donors (Lipinski definition) is 2. The van der Waals surface area contributed by atoms with Crippen LogP contribution in [0.1, 0.15) is 18.7 Å². The minimum absolute atomic E-state index is 0. The summed E-state index contributed by atoms with van der Waals surface area (Å²) in [6.07, 6.45) is 1.80. The molecule has 1 amide bonds. The van der Waals surface area contributed by atoms with E-state index in [9.17, 15) is 4.79 Å². The molecule has 2 aromatic rings. The van der Waals surface area contributed by atoms with Crippen LogP contribution in [-0.2, 0) is 11.2 Å². The molecule has 0 unspecified atom stereocenters. The number of hydrogen-bond acceptors (Lipinski definition) is 6. The Morgan fingerprint density at radius 1 is 1.43 bits per heavy atom. The molecule has 0 aliphatic rings. The van der Waals surface area contributed by atoms with Crippen molar-refractivity contribution >= 4 is 29.7 Å². The average molecular weight is 331 g/mol. The van der Waals surface area contributed by atoms with Gasteiger partial charge in [-0.2, -0.15) is 4.98 Å². The lowest BCUT2D eigenvalue weighted by Crippen LogP contribution is -2.30. The molecule has 0 atom stereocenters. The number of carbonyl (C=O) groups is 1. The van der Waals surface area contributed by atoms with Gasteiger partial charge in [0.2, 0.25) is 17.6 Å². The summed E-state index contributed by atoms with van der Waals surface area (Å²) in [7, 11) is 1.85. The van der Waals surface area contributed by atoms with Crippen LogP contribution in [0.4, 0.5) is 0 Å². The first-order valence-electron chi connectivity index (χ1n) is 6.57. The van der Waals surface area contributed by atoms with Gasteiger partial charge in [0.05, 0.1) is 4.88 Å². The Kier molecular flexibility index (Phi) is 7.96. The van der Waals surface area contributed by atoms with Gasteiger partial charge in [-0.1, -0.05) is 11.2 Å². The fourth-order valence-electron chi connectivity index (χ4n) is 1.68. The quantitative estimate of drug-likeness (QED) is 0.722. The minimum atomic E-state index is 0. The number of nitrogens with zero attached hydrogens (tertiary/aromatic N) is 2. The first-order valence-corrected chi connectivity index (χ1v) is 7.45. The zero-order chi connectivity index (χ0) is 14.2. The van der Waals surface area contributed by atoms with Crippen LogP contribution in [0.5, 0.6) is 0 Å². The Morgan fingerprint density at radius 3 is 3.00 bits per heavy atom. The first kappa shape index (κ1) is 17.6. The van der Waals surface area contributed by atoms with E-state index in [1.165, 1.54) is 0 Å². The second-order valence-corrected chi connectivity index (χ2v) is 5.24. The Labute approximate surface area is 133 Å². The molecule has 2 N–H and O–H groups in total. The molecule has 0 radical (unpaired) electrons. The van der Waals surface area contributed by atoms with Crippen LogP contribution in [-0.4, -0.2) is 36.2 Å². The summed E-state index contributed by atoms with van der Waals surface area (Å²) in [6.45, 7) is 1.43. The van der Waals surface area contributed by atoms with Crippen LogP contribution in [0.25, 0.3) is 10.7 Å². The summed E-state index contributed by atoms with van der Waals surface area (Å²) < 4.78 is 5.17. The van der Waals surface area contributed by atoms with Crippen LogP contribution < -0.4 is 10.6 Å². The first-order chi connectivity index (χ1) is 9.79. The van der Waals surface area contributed by atoms with Crippen molar-refractivity contribution in [1.29, 1.82) is 0 Å². The van der Waals surface area contributed by atoms with Crippen LogP contribution >= 0.6 is 23.7 Å². The minimum Gasteiger partial charge on any atom is -0.355 e. The second kappa shape index (κ2) is 9.49. The molecule has 0 aliphatic carbocycles. The van der Waals surface area contributed by atoms with Crippen LogP contribution in [0, 0.1) is 0 Å². The molecule has 0 aliphatic heterocycles. The third kappa shape index (κ3) is 5.82. The monoisotopic (exact) mass is 330 g/mol. The van der Waals surface area contributed by atoms with E-state index < -0.39 is 0 Å². The number of likely N-dealkylation sites (N-methyl/N-ethyl adjacent to an activating group) is 1. The van der Waals surface area contributed by atoms with Crippen LogP contribution in [0.3, 0.4) is 0 Å². The second-order valence-electron chi connectivity index (χ2n) is 4.30. The van der Waals surface area contributed by atoms with Gasteiger partial charge in [-0.15, -0.1) is 23.7 Å². The smallest absolute Gasteiger partial charge is 0.226 e. The lowest BCUT2D eigenvalue weighted by molar-refractivity contribution is -0.121. The van der Waals surface area contributed by atoms with Gasteiger partial charge in [-0.25, -0.2) is 0 Å². The summed E-state index contributed by atoms with van der Waals surface area (Å²) in [5.41, 5.74) is 0. The van der Waals surface area contributed by atoms with Crippen LogP contribution in [0.15, 0.2) is 22.0 Å². The molecule has 2 aromatic heterocycles. The summed E-state index contributed by atoms with van der Waals surface area (Å²) in [5, 5.41) is 11.7. The molecule has 0 saturated heterocycles. The van der Waals surface area contributed by atoms with E-state index in [1.807, 2.05) is 24.6 Å². The number of amides is 1. The third-order valence-electron chi connectivity index (χ3n) is 2.70. The maximum absolute atomic E-state index is 11.5. The number of thiophene rings is 1. The molecular formula is C13H19ClN4O2S. The Balaban J connectivity index is 0.00000220. The maximum Gasteiger partial charge on any atom is 0.226 e. The number of rotatable bonds is 8. The van der Waals surface area contributed by atoms with Gasteiger partial charge in [-0.3, -0.25) is 4.79 Å². The van der Waals surface area contributed by atoms with E-state index in [4.69, 9.17) is 4.52 Å². The van der Waals surface area contributed by atoms with E-state index in [0.29, 0.717) is 37.5 Å². The SMILES string of the molecule is CNCCNC(=O)CCCc1nc(-c2cccs2)no1.Cl. The standard InChI is InChI=1S/C13H18N4O2S.ClH/c1-14-7-8-15-11(18)5-2-6-12-16-13(17-19-12)10-4-3-9-20-10;/h3-4,9,14H,2,5-8H2,1H3,(H,15,18);1H. The lowest BCUT2D eigenvalue weighted by Gasteiger charge is -2.03. The van der Waals surface area contributed by atoms with Crippen molar-refractivity contribution < 1.29 is 9.32 Å². The van der Waals surface area contributed by atoms with E-state index in [-0.39, 0.29) is 18.3 Å². The highest BCUT2D eigenvalue weighted by Crippen LogP contribution is 2.21. The van der Waals surface area contributed by atoms with Gasteiger partial charge in [0.15, 0.2) is 0 Å². The van der Waals surface area contributed by atoms with Gasteiger partial charge in [-0.05, 0) is 24.9 Å². The molecule has 21 heavy (non-hydrogen) atoms. The number of halogens is 1. The van der Waals surface area contributed by atoms with Crippen molar-refractivity contribution in [2.24, 2.45) is 0 Å². The van der Waals surface area contributed by atoms with E-state index in [0.717, 1.165) is 11.4 Å². The molecule has 116 valence electrons. The van der Waals surface area contributed by atoms with Gasteiger partial charge >= 0.3 is 0 Å². The molecule has 0 spiro atoms. The van der Waals surface area contributed by atoms with E-state index >= 15 is 0 Å². The Bertz CT molecular complexity index is 530. The van der Waals surface area contributed by atoms with Crippen molar-refractivity contribution in [1.82, 2.24) is 20.8 Å². The number of nitrogens with one attached hydrogen (secondary N) is 2. The topological polar surface area (TPSA) is 80.0 Å². The predicted molar refractivity (Wildman–Crippen MR) is 84.7 cm³/mol. The molecule has 0 saturated carbocycles. The maximum atomic E-state index is 11.5. The van der Waals surface area contributed by atoms with Crippen LogP contribution in [0.2, 0.25) is 0 Å². The van der Waals surface area contributed by atoms with Gasteiger partial charge < -0.3 is 15.2 Å². The zero-order valence-corrected chi connectivity index (χ0v) is 13.4. The average Bonchev–Trinajstić information content (AvgIpc) is 3.09. The summed E-state index contributed by atoms with van der Waals surface area (Å²) >= 11 is 1.57. The molecule has 0 fully saturated rings. The predicted octanol–water partition coefficient (Wildman–Crippen LogP) is 1.88. The number of aryl methyl sites for hydroxylation is 1. The fraction of sp³-hybridized carbons (Fsp3) is 0.462. The van der Waals surface area contributed by atoms with E-state index in [1.54, 1.807) is 11.3 Å². The molecule has 2 rings (SSSR count). The largest absolute Gasteiger partial charge is 0.355 e. The highest BCUT2D eigenvalue weighted by atomic mass is 35.5. The molecule has 6 nitrogen and oxygen atoms in total. The van der Waals surface area contributed by atoms with Crippen molar-refractivity contribution in [3.8, 4) is 10.7 Å². The third-order valence-corrected chi connectivity index (χ3v) is 3.57. The normalized spacial score (nSPS) is 10.1. The summed E-state index contributed by atoms with van der Waals surface area (Å²) in [4.78, 5) is 16.8. The number of carbonyl (C=O) groups excluding carboxylic acids is 1. The highest BCUT2D eigenvalue weighted by Gasteiger charge is 2.09. The molecular weight excluding hydrogens is 312 g/mol. The Hall–Kier alpha value is -1.44. The fourth-order valence-corrected chi connectivity index (χ4v) is 2.33. The number of aromatic nitrogens is 2. The molecule has 8 heteroatoms. The van der Waals surface area contributed by atoms with Gasteiger partial charge in [0.1, 0.15) is 0 Å². The molecule has 0 aromatic carbocycles. The van der Waals surface area contributed by atoms with Crippen molar-refractivity contribution in [2.45, 2.75) is 19.3 Å². The molecule has 0 bridgehead atoms. The van der Waals surface area contributed by atoms with Gasteiger partial charge in [0, 0.05) is 25.9 Å². The molecule has 2 heterocycles. The van der Waals surface area contributed by atoms with Crippen molar-refractivity contribution in [2.75, 3.05) is 20.1 Å². The zero-order valence-electron chi connectivity index (χ0n) is 11.8.